The highest BCUT2D eigenvalue weighted by Gasteiger charge is 2.17. The van der Waals surface area contributed by atoms with Gasteiger partial charge in [0.05, 0.1) is 23.8 Å². The number of benzene rings is 2. The molecule has 5 rings (SSSR count). The summed E-state index contributed by atoms with van der Waals surface area (Å²) in [6.45, 7) is 3.25. The summed E-state index contributed by atoms with van der Waals surface area (Å²) in [4.78, 5) is 46.4. The lowest BCUT2D eigenvalue weighted by Gasteiger charge is -2.11. The molecule has 0 spiro atoms. The Kier molecular flexibility index (Phi) is 8.45. The fraction of sp³-hybridized carbons (Fsp3) is 0.107. The highest BCUT2D eigenvalue weighted by molar-refractivity contribution is 5.89. The summed E-state index contributed by atoms with van der Waals surface area (Å²) in [5.74, 6) is -2.33. The molecule has 4 N–H and O–H groups in total. The average molecular weight is 579 g/mol. The van der Waals surface area contributed by atoms with Gasteiger partial charge < -0.3 is 20.9 Å². The van der Waals surface area contributed by atoms with E-state index in [1.54, 1.807) is 37.5 Å². The highest BCUT2D eigenvalue weighted by atomic mass is 19.1. The Morgan fingerprint density at radius 3 is 2.36 bits per heavy atom. The maximum atomic E-state index is 13.9. The van der Waals surface area contributed by atoms with E-state index >= 15 is 0 Å². The van der Waals surface area contributed by atoms with Crippen molar-refractivity contribution in [3.05, 3.63) is 111 Å². The summed E-state index contributed by atoms with van der Waals surface area (Å²) < 4.78 is 35.7. The molecule has 0 unspecified atom stereocenters. The van der Waals surface area contributed by atoms with Crippen molar-refractivity contribution < 1.29 is 28.2 Å². The summed E-state index contributed by atoms with van der Waals surface area (Å²) in [6, 6.07) is 12.2. The van der Waals surface area contributed by atoms with Crippen LogP contribution in [0.3, 0.4) is 0 Å². The zero-order valence-corrected chi connectivity index (χ0v) is 22.2. The molecule has 0 saturated heterocycles. The molecule has 0 bridgehead atoms. The van der Waals surface area contributed by atoms with E-state index in [1.165, 1.54) is 35.7 Å². The summed E-state index contributed by atoms with van der Waals surface area (Å²) in [5.41, 5.74) is 4.95. The summed E-state index contributed by atoms with van der Waals surface area (Å²) >= 11 is 0. The van der Waals surface area contributed by atoms with Gasteiger partial charge in [0, 0.05) is 37.5 Å². The number of nitrogens with two attached hydrogens (primary N) is 1. The van der Waals surface area contributed by atoms with Gasteiger partial charge in [-0.05, 0) is 49.4 Å². The molecule has 216 valence electrons. The standard InChI is InChI=1S/C15H13FN4O2.C13H11FN2O4/c1-9(21)19-11-7-15(13-4-5-18-20(13)8-11)22-14-3-2-10(17)6-12(14)16;1-2-15-7-10(12(18)19)11(17)16(13(15)20)9-5-3-8(14)4-6-9/h2-8H,17H2,1H3,(H,19,21);3-7H,2H2,1H3,(H,18,19). The molecular weight excluding hydrogens is 554 g/mol. The molecule has 5 aromatic rings. The molecule has 0 aliphatic carbocycles. The third kappa shape index (κ3) is 6.33. The van der Waals surface area contributed by atoms with Crippen LogP contribution in [0.1, 0.15) is 24.2 Å². The number of carboxylic acid groups (broad SMARTS) is 1. The van der Waals surface area contributed by atoms with Gasteiger partial charge in [0.25, 0.3) is 5.56 Å². The number of fused-ring (bicyclic) bond motifs is 1. The Labute approximate surface area is 235 Å². The number of aromatic nitrogens is 4. The predicted octanol–water partition coefficient (Wildman–Crippen LogP) is 3.66. The first-order valence-electron chi connectivity index (χ1n) is 12.3. The molecule has 0 fully saturated rings. The van der Waals surface area contributed by atoms with Gasteiger partial charge in [-0.2, -0.15) is 5.10 Å². The zero-order chi connectivity index (χ0) is 30.6. The number of hydrogen-bond acceptors (Lipinski definition) is 7. The fourth-order valence-electron chi connectivity index (χ4n) is 3.86. The predicted molar refractivity (Wildman–Crippen MR) is 149 cm³/mol. The molecule has 0 aliphatic heterocycles. The van der Waals surface area contributed by atoms with Crippen molar-refractivity contribution in [3.63, 3.8) is 0 Å². The zero-order valence-electron chi connectivity index (χ0n) is 22.2. The lowest BCUT2D eigenvalue weighted by Crippen LogP contribution is -2.41. The van der Waals surface area contributed by atoms with Crippen LogP contribution in [0.25, 0.3) is 11.2 Å². The Hall–Kier alpha value is -5.79. The van der Waals surface area contributed by atoms with E-state index in [0.717, 1.165) is 22.9 Å². The van der Waals surface area contributed by atoms with E-state index in [0.29, 0.717) is 27.2 Å². The number of amides is 1. The first-order chi connectivity index (χ1) is 20.0. The number of nitrogen functional groups attached to an aromatic ring is 1. The molecule has 0 aliphatic rings. The van der Waals surface area contributed by atoms with E-state index in [2.05, 4.69) is 10.4 Å². The van der Waals surface area contributed by atoms with Gasteiger partial charge in [-0.3, -0.25) is 14.2 Å². The molecule has 0 radical (unpaired) electrons. The topological polar surface area (TPSA) is 163 Å². The van der Waals surface area contributed by atoms with Crippen molar-refractivity contribution in [1.29, 1.82) is 0 Å². The maximum Gasteiger partial charge on any atom is 0.342 e. The largest absolute Gasteiger partial charge is 0.477 e. The van der Waals surface area contributed by atoms with Crippen LogP contribution >= 0.6 is 0 Å². The number of carbonyl (C=O) groups is 2. The number of ether oxygens (including phenoxy) is 1. The summed E-state index contributed by atoms with van der Waals surface area (Å²) in [5, 5.41) is 15.7. The molecule has 2 aromatic carbocycles. The molecular formula is C28H24F2N6O6. The molecule has 12 nitrogen and oxygen atoms in total. The number of aryl methyl sites for hydroxylation is 1. The molecule has 3 aromatic heterocycles. The number of halogens is 2. The van der Waals surface area contributed by atoms with E-state index in [-0.39, 0.29) is 23.9 Å². The van der Waals surface area contributed by atoms with Gasteiger partial charge >= 0.3 is 11.7 Å². The monoisotopic (exact) mass is 578 g/mol. The van der Waals surface area contributed by atoms with Crippen molar-refractivity contribution in [2.45, 2.75) is 20.4 Å². The van der Waals surface area contributed by atoms with Crippen LogP contribution in [0, 0.1) is 11.6 Å². The van der Waals surface area contributed by atoms with Crippen LogP contribution < -0.4 is 27.0 Å². The third-order valence-corrected chi connectivity index (χ3v) is 5.78. The number of nitrogens with one attached hydrogen (secondary N) is 1. The van der Waals surface area contributed by atoms with Crippen LogP contribution in [0.5, 0.6) is 11.5 Å². The minimum Gasteiger partial charge on any atom is -0.477 e. The van der Waals surface area contributed by atoms with Crippen molar-refractivity contribution in [2.75, 3.05) is 11.1 Å². The lowest BCUT2D eigenvalue weighted by molar-refractivity contribution is -0.114. The summed E-state index contributed by atoms with van der Waals surface area (Å²) in [6.07, 6.45) is 4.23. The number of pyridine rings is 1. The molecule has 42 heavy (non-hydrogen) atoms. The van der Waals surface area contributed by atoms with Gasteiger partial charge in [0.2, 0.25) is 5.91 Å². The normalized spacial score (nSPS) is 10.6. The van der Waals surface area contributed by atoms with Gasteiger partial charge in [0.15, 0.2) is 17.3 Å². The highest BCUT2D eigenvalue weighted by Crippen LogP contribution is 2.31. The first-order valence-corrected chi connectivity index (χ1v) is 12.3. The van der Waals surface area contributed by atoms with Crippen molar-refractivity contribution in [1.82, 2.24) is 18.7 Å². The van der Waals surface area contributed by atoms with E-state index in [1.807, 2.05) is 0 Å². The number of anilines is 2. The fourth-order valence-corrected chi connectivity index (χ4v) is 3.86. The van der Waals surface area contributed by atoms with Crippen LogP contribution in [0.15, 0.2) is 82.8 Å². The minimum atomic E-state index is -1.42. The molecule has 3 heterocycles. The second-order valence-electron chi connectivity index (χ2n) is 8.76. The molecule has 0 saturated carbocycles. The molecule has 0 atom stereocenters. The number of hydrogen-bond donors (Lipinski definition) is 3. The Morgan fingerprint density at radius 1 is 1.02 bits per heavy atom. The average Bonchev–Trinajstić information content (AvgIpc) is 3.40. The van der Waals surface area contributed by atoms with Crippen molar-refractivity contribution >= 4 is 28.8 Å². The van der Waals surface area contributed by atoms with Gasteiger partial charge in [-0.25, -0.2) is 27.5 Å². The molecule has 1 amide bonds. The SMILES string of the molecule is CC(=O)Nc1cc(Oc2ccc(N)cc2F)c2ccnn2c1.CCn1cc(C(=O)O)c(=O)n(-c2ccc(F)cc2)c1=O. The van der Waals surface area contributed by atoms with Gasteiger partial charge in [-0.1, -0.05) is 0 Å². The number of rotatable bonds is 6. The van der Waals surface area contributed by atoms with Gasteiger partial charge in [-0.15, -0.1) is 0 Å². The first kappa shape index (κ1) is 29.2. The maximum absolute atomic E-state index is 13.9. The second kappa shape index (κ2) is 12.2. The van der Waals surface area contributed by atoms with E-state index < -0.39 is 34.4 Å². The van der Waals surface area contributed by atoms with E-state index in [4.69, 9.17) is 15.6 Å². The van der Waals surface area contributed by atoms with Crippen LogP contribution in [0.2, 0.25) is 0 Å². The van der Waals surface area contributed by atoms with Crippen molar-refractivity contribution in [3.8, 4) is 17.2 Å². The minimum absolute atomic E-state index is 0.0391. The Morgan fingerprint density at radius 2 is 1.74 bits per heavy atom. The van der Waals surface area contributed by atoms with E-state index in [9.17, 15) is 28.0 Å². The smallest absolute Gasteiger partial charge is 0.342 e. The van der Waals surface area contributed by atoms with Crippen LogP contribution in [0.4, 0.5) is 20.2 Å². The number of carboxylic acids is 1. The quantitative estimate of drug-likeness (QED) is 0.257. The Bertz CT molecular complexity index is 1910. The number of nitrogens with zero attached hydrogens (tertiary/aromatic N) is 4. The number of aromatic carboxylic acids is 1. The summed E-state index contributed by atoms with van der Waals surface area (Å²) in [7, 11) is 0. The lowest BCUT2D eigenvalue weighted by atomic mass is 10.3. The number of carbonyl (C=O) groups excluding carboxylic acids is 1. The van der Waals surface area contributed by atoms with Crippen molar-refractivity contribution in [2.24, 2.45) is 0 Å². The van der Waals surface area contributed by atoms with Gasteiger partial charge in [0.1, 0.15) is 16.9 Å². The third-order valence-electron chi connectivity index (χ3n) is 5.78. The second-order valence-corrected chi connectivity index (χ2v) is 8.76. The Balaban J connectivity index is 0.000000194. The van der Waals surface area contributed by atoms with Crippen LogP contribution in [-0.4, -0.2) is 35.7 Å². The van der Waals surface area contributed by atoms with Crippen LogP contribution in [-0.2, 0) is 11.3 Å². The molecule has 14 heteroatoms.